The highest BCUT2D eigenvalue weighted by Crippen LogP contribution is 2.51. The van der Waals surface area contributed by atoms with Gasteiger partial charge >= 0.3 is 0 Å². The summed E-state index contributed by atoms with van der Waals surface area (Å²) in [6, 6.07) is 19.6. The lowest BCUT2D eigenvalue weighted by Crippen LogP contribution is -2.34. The highest BCUT2D eigenvalue weighted by Gasteiger charge is 2.51. The Labute approximate surface area is 223 Å². The van der Waals surface area contributed by atoms with Crippen LogP contribution >= 0.6 is 0 Å². The van der Waals surface area contributed by atoms with E-state index in [1.807, 2.05) is 65.6 Å². The molecule has 7 heteroatoms. The molecule has 2 fully saturated rings. The Hall–Kier alpha value is -3.84. The highest BCUT2D eigenvalue weighted by atomic mass is 16.7. The monoisotopic (exact) mass is 511 g/mol. The first-order valence-corrected chi connectivity index (χ1v) is 13.3. The largest absolute Gasteiger partial charge is 0.454 e. The van der Waals surface area contributed by atoms with Crippen LogP contribution in [0, 0.1) is 6.92 Å². The number of likely N-dealkylation sites (N-methyl/N-ethyl adjacent to an activating group) is 1. The van der Waals surface area contributed by atoms with Crippen molar-refractivity contribution in [3.8, 4) is 22.6 Å². The summed E-state index contributed by atoms with van der Waals surface area (Å²) in [7, 11) is 2.10. The quantitative estimate of drug-likeness (QED) is 0.531. The molecule has 6 rings (SSSR count). The van der Waals surface area contributed by atoms with Gasteiger partial charge < -0.3 is 24.6 Å². The first-order valence-electron chi connectivity index (χ1n) is 13.3. The number of hydrogen-bond donors (Lipinski definition) is 1. The van der Waals surface area contributed by atoms with E-state index in [2.05, 4.69) is 24.2 Å². The summed E-state index contributed by atoms with van der Waals surface area (Å²) in [6.45, 7) is 5.74. The third-order valence-electron chi connectivity index (χ3n) is 8.05. The maximum Gasteiger partial charge on any atom is 0.253 e. The van der Waals surface area contributed by atoms with Crippen molar-refractivity contribution < 1.29 is 19.1 Å². The van der Waals surface area contributed by atoms with Crippen LogP contribution in [0.5, 0.6) is 11.5 Å². The van der Waals surface area contributed by atoms with Crippen molar-refractivity contribution in [2.75, 3.05) is 45.3 Å². The van der Waals surface area contributed by atoms with E-state index in [1.54, 1.807) is 0 Å². The van der Waals surface area contributed by atoms with Crippen LogP contribution < -0.4 is 14.8 Å². The molecule has 0 aromatic heterocycles. The van der Waals surface area contributed by atoms with E-state index in [0.29, 0.717) is 11.3 Å². The van der Waals surface area contributed by atoms with Gasteiger partial charge in [0.05, 0.1) is 5.41 Å². The number of carbonyl (C=O) groups is 2. The Morgan fingerprint density at radius 2 is 1.66 bits per heavy atom. The molecular formula is C31H33N3O4. The highest BCUT2D eigenvalue weighted by molar-refractivity contribution is 6.02. The van der Waals surface area contributed by atoms with Gasteiger partial charge in [-0.05, 0) is 98.4 Å². The van der Waals surface area contributed by atoms with Crippen molar-refractivity contribution in [1.82, 2.24) is 9.80 Å². The minimum atomic E-state index is -0.532. The molecular weight excluding hydrogens is 478 g/mol. The second kappa shape index (κ2) is 9.80. The Kier molecular flexibility index (Phi) is 6.32. The summed E-state index contributed by atoms with van der Waals surface area (Å²) in [5.41, 5.74) is 5.05. The van der Waals surface area contributed by atoms with Crippen LogP contribution in [0.25, 0.3) is 11.1 Å². The van der Waals surface area contributed by atoms with E-state index >= 15 is 0 Å². The van der Waals surface area contributed by atoms with E-state index in [0.717, 1.165) is 79.1 Å². The van der Waals surface area contributed by atoms with Gasteiger partial charge in [-0.2, -0.15) is 0 Å². The third-order valence-corrected chi connectivity index (χ3v) is 8.05. The topological polar surface area (TPSA) is 71.1 Å². The van der Waals surface area contributed by atoms with Gasteiger partial charge in [-0.1, -0.05) is 24.3 Å². The van der Waals surface area contributed by atoms with Crippen LogP contribution in [0.1, 0.15) is 40.7 Å². The van der Waals surface area contributed by atoms with E-state index in [4.69, 9.17) is 9.47 Å². The van der Waals surface area contributed by atoms with E-state index in [1.165, 1.54) is 0 Å². The average Bonchev–Trinajstić information content (AvgIpc) is 3.66. The third kappa shape index (κ3) is 4.63. The molecule has 2 heterocycles. The summed E-state index contributed by atoms with van der Waals surface area (Å²) in [5, 5.41) is 3.15. The molecule has 0 atom stereocenters. The van der Waals surface area contributed by atoms with Gasteiger partial charge in [0.2, 0.25) is 12.7 Å². The van der Waals surface area contributed by atoms with Crippen molar-refractivity contribution in [3.63, 3.8) is 0 Å². The Bertz CT molecular complexity index is 1380. The second-order valence-electron chi connectivity index (χ2n) is 10.7. The van der Waals surface area contributed by atoms with E-state index < -0.39 is 5.41 Å². The van der Waals surface area contributed by atoms with Gasteiger partial charge in [-0.15, -0.1) is 0 Å². The van der Waals surface area contributed by atoms with Gasteiger partial charge in [0.15, 0.2) is 11.5 Å². The molecule has 3 aromatic rings. The van der Waals surface area contributed by atoms with Gasteiger partial charge in [0.25, 0.3) is 5.91 Å². The standard InChI is InChI=1S/C31H33N3O4/c1-21-4-10-25(32-30(36)31(12-13-31)24-9-11-27-28(18-24)38-20-37-27)19-26(21)22-5-7-23(8-6-22)29(35)34-15-3-14-33(2)16-17-34/h4-11,18-19H,3,12-17,20H2,1-2H3,(H,32,36). The number of aryl methyl sites for hydroxylation is 1. The number of rotatable bonds is 5. The molecule has 0 radical (unpaired) electrons. The van der Waals surface area contributed by atoms with Crippen LogP contribution in [0.15, 0.2) is 60.7 Å². The molecule has 38 heavy (non-hydrogen) atoms. The number of amides is 2. The van der Waals surface area contributed by atoms with Crippen LogP contribution in [-0.4, -0.2) is 61.6 Å². The van der Waals surface area contributed by atoms with Crippen LogP contribution in [0.4, 0.5) is 5.69 Å². The summed E-state index contributed by atoms with van der Waals surface area (Å²) in [5.74, 6) is 1.50. The number of fused-ring (bicyclic) bond motifs is 1. The Morgan fingerprint density at radius 3 is 2.45 bits per heavy atom. The zero-order valence-corrected chi connectivity index (χ0v) is 22.0. The smallest absolute Gasteiger partial charge is 0.253 e. The summed E-state index contributed by atoms with van der Waals surface area (Å²) < 4.78 is 10.9. The molecule has 7 nitrogen and oxygen atoms in total. The number of nitrogens with one attached hydrogen (secondary N) is 1. The molecule has 0 bridgehead atoms. The van der Waals surface area contributed by atoms with Crippen LogP contribution in [-0.2, 0) is 10.2 Å². The first kappa shape index (κ1) is 24.5. The number of ether oxygens (including phenoxy) is 2. The van der Waals surface area contributed by atoms with Crippen molar-refractivity contribution in [3.05, 3.63) is 77.4 Å². The van der Waals surface area contributed by atoms with E-state index in [-0.39, 0.29) is 18.6 Å². The minimum absolute atomic E-state index is 0.00444. The first-order chi connectivity index (χ1) is 18.4. The molecule has 0 spiro atoms. The van der Waals surface area contributed by atoms with Crippen LogP contribution in [0.3, 0.4) is 0 Å². The normalized spacial score (nSPS) is 18.1. The molecule has 1 N–H and O–H groups in total. The fourth-order valence-corrected chi connectivity index (χ4v) is 5.45. The molecule has 2 amide bonds. The molecule has 1 saturated carbocycles. The Balaban J connectivity index is 1.18. The summed E-state index contributed by atoms with van der Waals surface area (Å²) in [4.78, 5) is 30.7. The van der Waals surface area contributed by atoms with Crippen molar-refractivity contribution in [2.24, 2.45) is 0 Å². The second-order valence-corrected chi connectivity index (χ2v) is 10.7. The molecule has 196 valence electrons. The number of hydrogen-bond acceptors (Lipinski definition) is 5. The lowest BCUT2D eigenvalue weighted by Gasteiger charge is -2.21. The lowest BCUT2D eigenvalue weighted by molar-refractivity contribution is -0.118. The van der Waals surface area contributed by atoms with Crippen LogP contribution in [0.2, 0.25) is 0 Å². The fourth-order valence-electron chi connectivity index (χ4n) is 5.45. The van der Waals surface area contributed by atoms with Gasteiger partial charge in [0, 0.05) is 30.9 Å². The maximum atomic E-state index is 13.4. The fraction of sp³-hybridized carbons (Fsp3) is 0.355. The van der Waals surface area contributed by atoms with Crippen molar-refractivity contribution in [1.29, 1.82) is 0 Å². The zero-order chi connectivity index (χ0) is 26.3. The zero-order valence-electron chi connectivity index (χ0n) is 22.0. The molecule has 3 aromatic carbocycles. The molecule has 3 aliphatic rings. The summed E-state index contributed by atoms with van der Waals surface area (Å²) >= 11 is 0. The number of carbonyl (C=O) groups excluding carboxylic acids is 2. The Morgan fingerprint density at radius 1 is 0.868 bits per heavy atom. The molecule has 1 aliphatic carbocycles. The number of nitrogens with zero attached hydrogens (tertiary/aromatic N) is 2. The number of benzene rings is 3. The SMILES string of the molecule is Cc1ccc(NC(=O)C2(c3ccc4c(c3)OCO4)CC2)cc1-c1ccc(C(=O)N2CCCN(C)CC2)cc1. The molecule has 1 saturated heterocycles. The lowest BCUT2D eigenvalue weighted by atomic mass is 9.94. The van der Waals surface area contributed by atoms with Crippen molar-refractivity contribution >= 4 is 17.5 Å². The minimum Gasteiger partial charge on any atom is -0.454 e. The van der Waals surface area contributed by atoms with E-state index in [9.17, 15) is 9.59 Å². The van der Waals surface area contributed by atoms with Crippen molar-refractivity contribution in [2.45, 2.75) is 31.6 Å². The van der Waals surface area contributed by atoms with Gasteiger partial charge in [-0.25, -0.2) is 0 Å². The predicted octanol–water partition coefficient (Wildman–Crippen LogP) is 4.84. The molecule has 2 aliphatic heterocycles. The maximum absolute atomic E-state index is 13.4. The molecule has 0 unspecified atom stereocenters. The van der Waals surface area contributed by atoms with Gasteiger partial charge in [0.1, 0.15) is 0 Å². The summed E-state index contributed by atoms with van der Waals surface area (Å²) in [6.07, 6.45) is 2.61. The number of anilines is 1. The average molecular weight is 512 g/mol. The predicted molar refractivity (Wildman–Crippen MR) is 147 cm³/mol. The van der Waals surface area contributed by atoms with Gasteiger partial charge in [-0.3, -0.25) is 9.59 Å².